The summed E-state index contributed by atoms with van der Waals surface area (Å²) in [5.41, 5.74) is 0.488. The molecule has 2 N–H and O–H groups in total. The zero-order valence-corrected chi connectivity index (χ0v) is 8.33. The van der Waals surface area contributed by atoms with E-state index in [1.165, 1.54) is 0 Å². The van der Waals surface area contributed by atoms with Crippen LogP contribution in [0, 0.1) is 0 Å². The topological polar surface area (TPSA) is 74.6 Å². The maximum absolute atomic E-state index is 10.7. The number of hydrogen-bond donors (Lipinski definition) is 2. The number of rotatable bonds is 2. The molecule has 5 heteroatoms. The van der Waals surface area contributed by atoms with Gasteiger partial charge in [0.25, 0.3) is 0 Å². The second-order valence-corrected chi connectivity index (χ2v) is 5.57. The number of aliphatic carboxylic acids is 2. The van der Waals surface area contributed by atoms with Gasteiger partial charge in [0, 0.05) is 0 Å². The van der Waals surface area contributed by atoms with Gasteiger partial charge in [0.05, 0.1) is 0 Å². The van der Waals surface area contributed by atoms with Gasteiger partial charge >= 0.3 is 74.9 Å². The first-order chi connectivity index (χ1) is 5.43. The van der Waals surface area contributed by atoms with Gasteiger partial charge in [-0.2, -0.15) is 0 Å². The van der Waals surface area contributed by atoms with Crippen LogP contribution >= 0.6 is 0 Å². The van der Waals surface area contributed by atoms with E-state index in [2.05, 4.69) is 0 Å². The summed E-state index contributed by atoms with van der Waals surface area (Å²) in [6.45, 7) is 3.35. The molecular weight excluding hydrogens is 227 g/mol. The van der Waals surface area contributed by atoms with E-state index in [1.807, 2.05) is 0 Å². The zero-order valence-electron chi connectivity index (χ0n) is 6.62. The minimum absolute atomic E-state index is 0.436. The number of carboxylic acids is 2. The van der Waals surface area contributed by atoms with Gasteiger partial charge in [0.2, 0.25) is 0 Å². The van der Waals surface area contributed by atoms with Crippen LogP contribution in [-0.4, -0.2) is 37.1 Å². The fourth-order valence-electron chi connectivity index (χ4n) is 1.08. The third-order valence-corrected chi connectivity index (χ3v) is 5.27. The standard InChI is InChI=1S/C7H8O4Se/c1-3-4(2)12-7(3,5(8)9)6(10)11/h1-2H3,(H,8,9)(H,10,11). The molecule has 1 rings (SSSR count). The van der Waals surface area contributed by atoms with Crippen molar-refractivity contribution >= 4 is 26.9 Å². The summed E-state index contributed by atoms with van der Waals surface area (Å²) in [6, 6.07) is 0. The van der Waals surface area contributed by atoms with Crippen LogP contribution in [0.3, 0.4) is 0 Å². The van der Waals surface area contributed by atoms with E-state index in [4.69, 9.17) is 10.2 Å². The van der Waals surface area contributed by atoms with Crippen LogP contribution in [0.5, 0.6) is 0 Å². The molecule has 0 unspecified atom stereocenters. The quantitative estimate of drug-likeness (QED) is 0.534. The molecule has 0 aromatic heterocycles. The Kier molecular flexibility index (Phi) is 2.02. The first-order valence-electron chi connectivity index (χ1n) is 3.26. The first kappa shape index (κ1) is 9.29. The molecule has 4 nitrogen and oxygen atoms in total. The Balaban J connectivity index is 3.13. The van der Waals surface area contributed by atoms with Gasteiger partial charge in [0.1, 0.15) is 0 Å². The fraction of sp³-hybridized carbons (Fsp3) is 0.429. The zero-order chi connectivity index (χ0) is 9.52. The molecule has 0 saturated carbocycles. The Bertz CT molecular complexity index is 278. The molecule has 0 saturated heterocycles. The van der Waals surface area contributed by atoms with Gasteiger partial charge in [-0.25, -0.2) is 0 Å². The molecule has 12 heavy (non-hydrogen) atoms. The Morgan fingerprint density at radius 1 is 1.25 bits per heavy atom. The van der Waals surface area contributed by atoms with Crippen molar-refractivity contribution in [3.63, 3.8) is 0 Å². The minimum atomic E-state index is -1.57. The third-order valence-electron chi connectivity index (χ3n) is 1.96. The van der Waals surface area contributed by atoms with Crippen LogP contribution in [0.25, 0.3) is 0 Å². The van der Waals surface area contributed by atoms with Gasteiger partial charge in [-0.15, -0.1) is 0 Å². The number of hydrogen-bond acceptors (Lipinski definition) is 2. The summed E-state index contributed by atoms with van der Waals surface area (Å²) in [5.74, 6) is -2.48. The molecule has 0 spiro atoms. The normalized spacial score (nSPS) is 20.2. The molecular formula is C7H8O4Se. The monoisotopic (exact) mass is 236 g/mol. The van der Waals surface area contributed by atoms with Gasteiger partial charge in [-0.05, 0) is 0 Å². The van der Waals surface area contributed by atoms with Crippen LogP contribution in [0.4, 0.5) is 0 Å². The van der Waals surface area contributed by atoms with E-state index in [1.54, 1.807) is 13.8 Å². The van der Waals surface area contributed by atoms with Crippen LogP contribution in [0.1, 0.15) is 13.8 Å². The van der Waals surface area contributed by atoms with E-state index in [-0.39, 0.29) is 0 Å². The average Bonchev–Trinajstić information content (AvgIpc) is 1.97. The summed E-state index contributed by atoms with van der Waals surface area (Å²) in [4.78, 5) is 21.4. The molecule has 1 aliphatic rings. The third kappa shape index (κ3) is 0.901. The number of carbonyl (C=O) groups is 2. The SMILES string of the molecule is CC1=C(C)C(C(=O)O)(C(=O)O)[Se]1. The van der Waals surface area contributed by atoms with Gasteiger partial charge < -0.3 is 0 Å². The summed E-state index contributed by atoms with van der Waals surface area (Å²) in [7, 11) is 0. The van der Waals surface area contributed by atoms with E-state index in [0.29, 0.717) is 5.57 Å². The van der Waals surface area contributed by atoms with Crippen molar-refractivity contribution < 1.29 is 19.8 Å². The average molecular weight is 235 g/mol. The predicted octanol–water partition coefficient (Wildman–Crippen LogP) is 0.326. The van der Waals surface area contributed by atoms with Crippen LogP contribution in [-0.2, 0) is 9.59 Å². The molecule has 0 bridgehead atoms. The molecule has 1 heterocycles. The summed E-state index contributed by atoms with van der Waals surface area (Å²) < 4.78 is -0.649. The molecule has 0 radical (unpaired) electrons. The van der Waals surface area contributed by atoms with E-state index >= 15 is 0 Å². The van der Waals surface area contributed by atoms with Gasteiger partial charge in [-0.3, -0.25) is 0 Å². The second-order valence-electron chi connectivity index (χ2n) is 2.57. The molecule has 0 amide bonds. The Morgan fingerprint density at radius 2 is 1.67 bits per heavy atom. The van der Waals surface area contributed by atoms with Crippen molar-refractivity contribution in [2.45, 2.75) is 18.2 Å². The van der Waals surface area contributed by atoms with E-state index < -0.39 is 31.2 Å². The molecule has 0 aromatic rings. The number of allylic oxidation sites excluding steroid dienone is 1. The maximum atomic E-state index is 10.7. The molecule has 0 fully saturated rings. The van der Waals surface area contributed by atoms with Crippen molar-refractivity contribution in [2.75, 3.05) is 0 Å². The Labute approximate surface area is 75.4 Å². The van der Waals surface area contributed by atoms with Crippen molar-refractivity contribution in [2.24, 2.45) is 0 Å². The van der Waals surface area contributed by atoms with Crippen molar-refractivity contribution in [1.82, 2.24) is 0 Å². The van der Waals surface area contributed by atoms with Crippen molar-refractivity contribution in [3.8, 4) is 0 Å². The second kappa shape index (κ2) is 2.61. The summed E-state index contributed by atoms with van der Waals surface area (Å²) in [6.07, 6.45) is 0. The first-order valence-corrected chi connectivity index (χ1v) is 4.98. The Morgan fingerprint density at radius 3 is 1.75 bits per heavy atom. The van der Waals surface area contributed by atoms with Gasteiger partial charge in [-0.1, -0.05) is 0 Å². The van der Waals surface area contributed by atoms with E-state index in [9.17, 15) is 9.59 Å². The van der Waals surface area contributed by atoms with Crippen LogP contribution < -0.4 is 0 Å². The molecule has 0 atom stereocenters. The molecule has 1 aliphatic heterocycles. The fourth-order valence-corrected chi connectivity index (χ4v) is 3.38. The predicted molar refractivity (Wildman–Crippen MR) is 42.1 cm³/mol. The van der Waals surface area contributed by atoms with E-state index in [0.717, 1.165) is 4.47 Å². The van der Waals surface area contributed by atoms with Gasteiger partial charge in [0.15, 0.2) is 0 Å². The number of carboxylic acid groups (broad SMARTS) is 2. The van der Waals surface area contributed by atoms with Crippen molar-refractivity contribution in [3.05, 3.63) is 10.0 Å². The molecule has 0 aromatic carbocycles. The molecule has 66 valence electrons. The van der Waals surface area contributed by atoms with Crippen LogP contribution in [0.2, 0.25) is 4.31 Å². The van der Waals surface area contributed by atoms with Crippen molar-refractivity contribution in [1.29, 1.82) is 0 Å². The Hall–Kier alpha value is -0.801. The van der Waals surface area contributed by atoms with Crippen LogP contribution in [0.15, 0.2) is 10.0 Å². The summed E-state index contributed by atoms with van der Waals surface area (Å²) >= 11 is -0.436. The summed E-state index contributed by atoms with van der Waals surface area (Å²) in [5, 5.41) is 17.5. The molecule has 0 aliphatic carbocycles.